The van der Waals surface area contributed by atoms with Crippen molar-refractivity contribution >= 4 is 5.97 Å². The summed E-state index contributed by atoms with van der Waals surface area (Å²) in [5.41, 5.74) is 0. The predicted octanol–water partition coefficient (Wildman–Crippen LogP) is 1.91. The smallest absolute Gasteiger partial charge is 0.309 e. The Morgan fingerprint density at radius 1 is 1.40 bits per heavy atom. The summed E-state index contributed by atoms with van der Waals surface area (Å²) in [6.45, 7) is 4.31. The lowest BCUT2D eigenvalue weighted by molar-refractivity contribution is -0.142. The molecule has 0 bridgehead atoms. The van der Waals surface area contributed by atoms with Crippen LogP contribution in [-0.2, 0) is 9.53 Å². The molecule has 0 saturated heterocycles. The first-order chi connectivity index (χ1) is 4.81. The molecule has 0 aromatic rings. The molecule has 10 heavy (non-hydrogen) atoms. The van der Waals surface area contributed by atoms with Crippen LogP contribution >= 0.6 is 0 Å². The number of hydrogen-bond acceptors (Lipinski definition) is 2. The van der Waals surface area contributed by atoms with Crippen molar-refractivity contribution in [3.63, 3.8) is 0 Å². The van der Waals surface area contributed by atoms with Crippen LogP contribution in [0, 0.1) is 0 Å². The van der Waals surface area contributed by atoms with Crippen LogP contribution in [0.25, 0.3) is 0 Å². The average Bonchev–Trinajstić information content (AvgIpc) is 1.89. The molecule has 58 valence electrons. The molecule has 0 fully saturated rings. The molecule has 0 radical (unpaired) electrons. The monoisotopic (exact) mass is 142 g/mol. The van der Waals surface area contributed by atoms with E-state index in [4.69, 9.17) is 4.74 Å². The maximum atomic E-state index is 10.6. The van der Waals surface area contributed by atoms with E-state index < -0.39 is 0 Å². The molecule has 0 amide bonds. The van der Waals surface area contributed by atoms with Crippen LogP contribution in [0.2, 0.25) is 0 Å². The van der Waals surface area contributed by atoms with E-state index in [9.17, 15) is 4.79 Å². The van der Waals surface area contributed by atoms with E-state index >= 15 is 0 Å². The van der Waals surface area contributed by atoms with Gasteiger partial charge in [-0.15, -0.1) is 0 Å². The summed E-state index contributed by atoms with van der Waals surface area (Å²) in [5, 5.41) is 0. The fourth-order valence-corrected chi connectivity index (χ4v) is 0.566. The molecule has 0 unspecified atom stereocenters. The van der Waals surface area contributed by atoms with E-state index in [1.165, 1.54) is 0 Å². The molecule has 0 saturated carbocycles. The number of esters is 1. The first-order valence-electron chi connectivity index (χ1n) is 3.61. The van der Waals surface area contributed by atoms with Crippen LogP contribution in [0.4, 0.5) is 0 Å². The van der Waals surface area contributed by atoms with Crippen LogP contribution in [0.1, 0.15) is 26.7 Å². The molecule has 0 aliphatic carbocycles. The van der Waals surface area contributed by atoms with Gasteiger partial charge in [0, 0.05) is 0 Å². The number of carbonyl (C=O) groups excluding carboxylic acids is 1. The van der Waals surface area contributed by atoms with Crippen LogP contribution in [0.3, 0.4) is 0 Å². The van der Waals surface area contributed by atoms with Crippen molar-refractivity contribution in [2.45, 2.75) is 26.7 Å². The van der Waals surface area contributed by atoms with Crippen LogP contribution in [0.15, 0.2) is 12.2 Å². The second kappa shape index (κ2) is 6.33. The van der Waals surface area contributed by atoms with E-state index in [2.05, 4.69) is 0 Å². The van der Waals surface area contributed by atoms with Crippen molar-refractivity contribution in [3.8, 4) is 0 Å². The third-order valence-corrected chi connectivity index (χ3v) is 0.992. The second-order valence-corrected chi connectivity index (χ2v) is 1.89. The van der Waals surface area contributed by atoms with Crippen molar-refractivity contribution in [1.29, 1.82) is 0 Å². The van der Waals surface area contributed by atoms with Gasteiger partial charge in [0.2, 0.25) is 0 Å². The standard InChI is InChI=1S/C8H14O2/c1-3-5-6-7-8(9)10-4-2/h5-6H,3-4,7H2,1-2H3. The zero-order chi connectivity index (χ0) is 7.82. The highest BCUT2D eigenvalue weighted by Crippen LogP contribution is 1.89. The van der Waals surface area contributed by atoms with E-state index in [0.717, 1.165) is 6.42 Å². The topological polar surface area (TPSA) is 26.3 Å². The van der Waals surface area contributed by atoms with Gasteiger partial charge in [0.05, 0.1) is 13.0 Å². The van der Waals surface area contributed by atoms with E-state index in [-0.39, 0.29) is 5.97 Å². The number of carbonyl (C=O) groups is 1. The fourth-order valence-electron chi connectivity index (χ4n) is 0.566. The van der Waals surface area contributed by atoms with Crippen LogP contribution in [0.5, 0.6) is 0 Å². The van der Waals surface area contributed by atoms with Gasteiger partial charge >= 0.3 is 5.97 Å². The van der Waals surface area contributed by atoms with Crippen LogP contribution in [-0.4, -0.2) is 12.6 Å². The largest absolute Gasteiger partial charge is 0.466 e. The van der Waals surface area contributed by atoms with Gasteiger partial charge in [-0.05, 0) is 13.3 Å². The Hall–Kier alpha value is -0.790. The lowest BCUT2D eigenvalue weighted by Crippen LogP contribution is -2.01. The molecule has 0 aromatic carbocycles. The third kappa shape index (κ3) is 5.35. The van der Waals surface area contributed by atoms with Gasteiger partial charge in [0.15, 0.2) is 0 Å². The minimum atomic E-state index is -0.146. The van der Waals surface area contributed by atoms with E-state index in [1.54, 1.807) is 6.92 Å². The zero-order valence-corrected chi connectivity index (χ0v) is 6.59. The van der Waals surface area contributed by atoms with Gasteiger partial charge in [-0.3, -0.25) is 4.79 Å². The summed E-state index contributed by atoms with van der Waals surface area (Å²) in [6, 6.07) is 0. The number of allylic oxidation sites excluding steroid dienone is 1. The Bertz CT molecular complexity index is 116. The molecule has 0 aliphatic heterocycles. The molecule has 0 aromatic heterocycles. The number of ether oxygens (including phenoxy) is 1. The molecule has 0 rings (SSSR count). The minimum absolute atomic E-state index is 0.146. The summed E-state index contributed by atoms with van der Waals surface area (Å²) in [6.07, 6.45) is 5.16. The SMILES string of the molecule is CCC=CCC(=O)OCC. The minimum Gasteiger partial charge on any atom is -0.466 e. The van der Waals surface area contributed by atoms with Gasteiger partial charge in [-0.1, -0.05) is 19.1 Å². The molecule has 2 heteroatoms. The Morgan fingerprint density at radius 3 is 2.60 bits per heavy atom. The van der Waals surface area contributed by atoms with Crippen LogP contribution < -0.4 is 0 Å². The highest BCUT2D eigenvalue weighted by molar-refractivity contribution is 5.71. The van der Waals surface area contributed by atoms with Crippen molar-refractivity contribution < 1.29 is 9.53 Å². The Labute approximate surface area is 61.9 Å². The van der Waals surface area contributed by atoms with Gasteiger partial charge in [-0.2, -0.15) is 0 Å². The molecule has 2 nitrogen and oxygen atoms in total. The summed E-state index contributed by atoms with van der Waals surface area (Å²) >= 11 is 0. The number of rotatable bonds is 4. The predicted molar refractivity (Wildman–Crippen MR) is 40.7 cm³/mol. The fraction of sp³-hybridized carbons (Fsp3) is 0.625. The molecule has 0 aliphatic rings. The summed E-state index contributed by atoms with van der Waals surface area (Å²) in [5.74, 6) is -0.146. The highest BCUT2D eigenvalue weighted by atomic mass is 16.5. The number of hydrogen-bond donors (Lipinski definition) is 0. The molecule has 0 N–H and O–H groups in total. The quantitative estimate of drug-likeness (QED) is 0.442. The molecule has 0 heterocycles. The van der Waals surface area contributed by atoms with E-state index in [0.29, 0.717) is 13.0 Å². The van der Waals surface area contributed by atoms with Crippen molar-refractivity contribution in [2.75, 3.05) is 6.61 Å². The van der Waals surface area contributed by atoms with Crippen molar-refractivity contribution in [3.05, 3.63) is 12.2 Å². The highest BCUT2D eigenvalue weighted by Gasteiger charge is 1.94. The van der Waals surface area contributed by atoms with E-state index in [1.807, 2.05) is 19.1 Å². The van der Waals surface area contributed by atoms with Gasteiger partial charge < -0.3 is 4.74 Å². The lowest BCUT2D eigenvalue weighted by atomic mass is 10.3. The maximum absolute atomic E-state index is 10.6. The molecule has 0 spiro atoms. The molecule has 0 atom stereocenters. The normalized spacial score (nSPS) is 10.2. The third-order valence-electron chi connectivity index (χ3n) is 0.992. The van der Waals surface area contributed by atoms with Crippen molar-refractivity contribution in [1.82, 2.24) is 0 Å². The van der Waals surface area contributed by atoms with Gasteiger partial charge in [0.1, 0.15) is 0 Å². The average molecular weight is 142 g/mol. The Morgan fingerprint density at radius 2 is 2.10 bits per heavy atom. The molecular weight excluding hydrogens is 128 g/mol. The Kier molecular flexibility index (Phi) is 5.83. The summed E-state index contributed by atoms with van der Waals surface area (Å²) in [7, 11) is 0. The summed E-state index contributed by atoms with van der Waals surface area (Å²) < 4.78 is 4.70. The maximum Gasteiger partial charge on any atom is 0.309 e. The Balaban J connectivity index is 3.30. The first kappa shape index (κ1) is 9.21. The zero-order valence-electron chi connectivity index (χ0n) is 6.59. The summed E-state index contributed by atoms with van der Waals surface area (Å²) in [4.78, 5) is 10.6. The molecular formula is C8H14O2. The second-order valence-electron chi connectivity index (χ2n) is 1.89. The lowest BCUT2D eigenvalue weighted by Gasteiger charge is -1.95. The van der Waals surface area contributed by atoms with Gasteiger partial charge in [-0.25, -0.2) is 0 Å². The first-order valence-corrected chi connectivity index (χ1v) is 3.61. The van der Waals surface area contributed by atoms with Gasteiger partial charge in [0.25, 0.3) is 0 Å². The van der Waals surface area contributed by atoms with Crippen molar-refractivity contribution in [2.24, 2.45) is 0 Å².